The summed E-state index contributed by atoms with van der Waals surface area (Å²) in [6.45, 7) is 3.99. The van der Waals surface area contributed by atoms with Crippen LogP contribution in [-0.2, 0) is 17.8 Å². The molecule has 0 atom stereocenters. The van der Waals surface area contributed by atoms with E-state index in [0.29, 0.717) is 17.9 Å². The summed E-state index contributed by atoms with van der Waals surface area (Å²) in [4.78, 5) is 11.8. The van der Waals surface area contributed by atoms with Crippen molar-refractivity contribution in [2.75, 3.05) is 0 Å². The maximum Gasteiger partial charge on any atom is 0.224 e. The standard InChI is InChI=1S/C14H15FN2O2/c1-9-13(10(2)19-17-9)8-16-14(18)7-11-4-3-5-12(15)6-11/h3-6H,7-8H2,1-2H3,(H,16,18). The minimum atomic E-state index is -0.337. The predicted octanol–water partition coefficient (Wildman–Crippen LogP) is 2.29. The molecule has 0 unspecified atom stereocenters. The lowest BCUT2D eigenvalue weighted by Gasteiger charge is -2.05. The molecular formula is C14H15FN2O2. The minimum absolute atomic E-state index is 0.154. The van der Waals surface area contributed by atoms with Crippen LogP contribution in [-0.4, -0.2) is 11.1 Å². The lowest BCUT2D eigenvalue weighted by molar-refractivity contribution is -0.120. The number of aryl methyl sites for hydroxylation is 2. The Balaban J connectivity index is 1.92. The van der Waals surface area contributed by atoms with E-state index in [2.05, 4.69) is 10.5 Å². The summed E-state index contributed by atoms with van der Waals surface area (Å²) in [5.74, 6) is 0.199. The van der Waals surface area contributed by atoms with Gasteiger partial charge in [-0.25, -0.2) is 4.39 Å². The molecule has 100 valence electrons. The van der Waals surface area contributed by atoms with E-state index in [9.17, 15) is 9.18 Å². The van der Waals surface area contributed by atoms with Crippen LogP contribution in [0.2, 0.25) is 0 Å². The first-order valence-electron chi connectivity index (χ1n) is 5.99. The van der Waals surface area contributed by atoms with E-state index >= 15 is 0 Å². The monoisotopic (exact) mass is 262 g/mol. The molecule has 1 amide bonds. The lowest BCUT2D eigenvalue weighted by Crippen LogP contribution is -2.25. The van der Waals surface area contributed by atoms with Gasteiger partial charge in [0.25, 0.3) is 0 Å². The molecule has 0 saturated carbocycles. The zero-order valence-electron chi connectivity index (χ0n) is 10.9. The fourth-order valence-corrected chi connectivity index (χ4v) is 1.84. The van der Waals surface area contributed by atoms with Gasteiger partial charge >= 0.3 is 0 Å². The Morgan fingerprint density at radius 1 is 1.42 bits per heavy atom. The molecule has 1 heterocycles. The molecule has 0 aliphatic rings. The van der Waals surface area contributed by atoms with Crippen LogP contribution in [0.25, 0.3) is 0 Å². The second kappa shape index (κ2) is 5.65. The van der Waals surface area contributed by atoms with Crippen LogP contribution in [0, 0.1) is 19.7 Å². The summed E-state index contributed by atoms with van der Waals surface area (Å²) in [6, 6.07) is 6.02. The molecule has 1 aromatic heterocycles. The zero-order valence-corrected chi connectivity index (χ0v) is 10.9. The molecule has 19 heavy (non-hydrogen) atoms. The molecule has 0 fully saturated rings. The van der Waals surface area contributed by atoms with Crippen molar-refractivity contribution in [1.82, 2.24) is 10.5 Å². The molecule has 0 spiro atoms. The first kappa shape index (κ1) is 13.3. The van der Waals surface area contributed by atoms with Crippen molar-refractivity contribution < 1.29 is 13.7 Å². The minimum Gasteiger partial charge on any atom is -0.361 e. The van der Waals surface area contributed by atoms with Crippen LogP contribution in [0.5, 0.6) is 0 Å². The number of hydrogen-bond acceptors (Lipinski definition) is 3. The zero-order chi connectivity index (χ0) is 13.8. The maximum atomic E-state index is 13.0. The van der Waals surface area contributed by atoms with Crippen molar-refractivity contribution >= 4 is 5.91 Å². The second-order valence-electron chi connectivity index (χ2n) is 4.39. The topological polar surface area (TPSA) is 55.1 Å². The Kier molecular flexibility index (Phi) is 3.94. The van der Waals surface area contributed by atoms with Gasteiger partial charge in [0, 0.05) is 12.1 Å². The van der Waals surface area contributed by atoms with Gasteiger partial charge < -0.3 is 9.84 Å². The Morgan fingerprint density at radius 2 is 2.21 bits per heavy atom. The van der Waals surface area contributed by atoms with E-state index in [1.165, 1.54) is 12.1 Å². The van der Waals surface area contributed by atoms with Gasteiger partial charge in [0.1, 0.15) is 11.6 Å². The molecule has 2 rings (SSSR count). The number of rotatable bonds is 4. The van der Waals surface area contributed by atoms with Crippen LogP contribution >= 0.6 is 0 Å². The van der Waals surface area contributed by atoms with Crippen molar-refractivity contribution in [3.63, 3.8) is 0 Å². The Bertz CT molecular complexity index is 573. The van der Waals surface area contributed by atoms with Crippen molar-refractivity contribution in [2.45, 2.75) is 26.8 Å². The highest BCUT2D eigenvalue weighted by atomic mass is 19.1. The van der Waals surface area contributed by atoms with E-state index in [1.807, 2.05) is 6.92 Å². The summed E-state index contributed by atoms with van der Waals surface area (Å²) in [6.07, 6.45) is 0.154. The highest BCUT2D eigenvalue weighted by Gasteiger charge is 2.10. The number of amides is 1. The molecule has 0 bridgehead atoms. The number of carbonyl (C=O) groups is 1. The van der Waals surface area contributed by atoms with Crippen LogP contribution in [0.1, 0.15) is 22.6 Å². The number of carbonyl (C=O) groups excluding carboxylic acids is 1. The van der Waals surface area contributed by atoms with E-state index in [0.717, 1.165) is 11.3 Å². The Labute approximate surface area is 110 Å². The number of aromatic nitrogens is 1. The fourth-order valence-electron chi connectivity index (χ4n) is 1.84. The fraction of sp³-hybridized carbons (Fsp3) is 0.286. The normalized spacial score (nSPS) is 10.5. The van der Waals surface area contributed by atoms with E-state index in [4.69, 9.17) is 4.52 Å². The highest BCUT2D eigenvalue weighted by Crippen LogP contribution is 2.11. The molecule has 4 nitrogen and oxygen atoms in total. The van der Waals surface area contributed by atoms with Crippen molar-refractivity contribution in [3.8, 4) is 0 Å². The first-order valence-corrected chi connectivity index (χ1v) is 5.99. The number of hydrogen-bond donors (Lipinski definition) is 1. The number of halogens is 1. The molecule has 2 aromatic rings. The molecular weight excluding hydrogens is 247 g/mol. The summed E-state index contributed by atoms with van der Waals surface area (Å²) in [5.41, 5.74) is 2.30. The second-order valence-corrected chi connectivity index (χ2v) is 4.39. The van der Waals surface area contributed by atoms with Crippen molar-refractivity contribution in [2.24, 2.45) is 0 Å². The average Bonchev–Trinajstić information content (AvgIpc) is 2.67. The SMILES string of the molecule is Cc1noc(C)c1CNC(=O)Cc1cccc(F)c1. The summed E-state index contributed by atoms with van der Waals surface area (Å²) in [5, 5.41) is 6.59. The molecule has 0 radical (unpaired) electrons. The quantitative estimate of drug-likeness (QED) is 0.919. The van der Waals surface area contributed by atoms with Gasteiger partial charge in [-0.1, -0.05) is 17.3 Å². The third-order valence-electron chi connectivity index (χ3n) is 2.90. The van der Waals surface area contributed by atoms with Gasteiger partial charge in [0.05, 0.1) is 12.1 Å². The van der Waals surface area contributed by atoms with Gasteiger partial charge in [-0.3, -0.25) is 4.79 Å². The van der Waals surface area contributed by atoms with Crippen LogP contribution in [0.15, 0.2) is 28.8 Å². The summed E-state index contributed by atoms with van der Waals surface area (Å²) < 4.78 is 18.0. The summed E-state index contributed by atoms with van der Waals surface area (Å²) in [7, 11) is 0. The van der Waals surface area contributed by atoms with Crippen LogP contribution in [0.4, 0.5) is 4.39 Å². The van der Waals surface area contributed by atoms with E-state index in [1.54, 1.807) is 19.1 Å². The Hall–Kier alpha value is -2.17. The smallest absolute Gasteiger partial charge is 0.224 e. The van der Waals surface area contributed by atoms with Crippen molar-refractivity contribution in [1.29, 1.82) is 0 Å². The largest absolute Gasteiger partial charge is 0.361 e. The predicted molar refractivity (Wildman–Crippen MR) is 67.9 cm³/mol. The molecule has 0 aliphatic heterocycles. The van der Waals surface area contributed by atoms with Crippen molar-refractivity contribution in [3.05, 3.63) is 52.7 Å². The number of nitrogens with one attached hydrogen (secondary N) is 1. The number of benzene rings is 1. The summed E-state index contributed by atoms with van der Waals surface area (Å²) >= 11 is 0. The van der Waals surface area contributed by atoms with Gasteiger partial charge in [-0.2, -0.15) is 0 Å². The molecule has 0 saturated heterocycles. The van der Waals surface area contributed by atoms with Gasteiger partial charge in [0.2, 0.25) is 5.91 Å². The van der Waals surface area contributed by atoms with Gasteiger partial charge in [-0.15, -0.1) is 0 Å². The third kappa shape index (κ3) is 3.40. The maximum absolute atomic E-state index is 13.0. The van der Waals surface area contributed by atoms with Gasteiger partial charge in [0.15, 0.2) is 0 Å². The Morgan fingerprint density at radius 3 is 2.84 bits per heavy atom. The van der Waals surface area contributed by atoms with Crippen LogP contribution < -0.4 is 5.32 Å². The molecule has 5 heteroatoms. The number of nitrogens with zero attached hydrogens (tertiary/aromatic N) is 1. The lowest BCUT2D eigenvalue weighted by atomic mass is 10.1. The molecule has 1 aromatic carbocycles. The van der Waals surface area contributed by atoms with Gasteiger partial charge in [-0.05, 0) is 31.5 Å². The van der Waals surface area contributed by atoms with E-state index < -0.39 is 0 Å². The average molecular weight is 262 g/mol. The first-order chi connectivity index (χ1) is 9.06. The third-order valence-corrected chi connectivity index (χ3v) is 2.90. The van der Waals surface area contributed by atoms with E-state index in [-0.39, 0.29) is 18.1 Å². The van der Waals surface area contributed by atoms with Crippen LogP contribution in [0.3, 0.4) is 0 Å². The molecule has 1 N–H and O–H groups in total. The molecule has 0 aliphatic carbocycles. The highest BCUT2D eigenvalue weighted by molar-refractivity contribution is 5.78.